The van der Waals surface area contributed by atoms with E-state index in [2.05, 4.69) is 10.1 Å². The second kappa shape index (κ2) is 6.45. The van der Waals surface area contributed by atoms with Crippen molar-refractivity contribution in [1.82, 2.24) is 5.32 Å². The maximum atomic E-state index is 12.5. The van der Waals surface area contributed by atoms with Crippen LogP contribution in [0.25, 0.3) is 0 Å². The van der Waals surface area contributed by atoms with Crippen LogP contribution in [0.3, 0.4) is 0 Å². The summed E-state index contributed by atoms with van der Waals surface area (Å²) in [7, 11) is 1.41. The number of rotatable bonds is 5. The van der Waals surface area contributed by atoms with Crippen LogP contribution in [-0.2, 0) is 4.74 Å². The van der Waals surface area contributed by atoms with Crippen molar-refractivity contribution in [2.75, 3.05) is 13.6 Å². The van der Waals surface area contributed by atoms with E-state index < -0.39 is 24.6 Å². The van der Waals surface area contributed by atoms with Gasteiger partial charge in [-0.3, -0.25) is 0 Å². The highest BCUT2D eigenvalue weighted by Crippen LogP contribution is 2.38. The molecule has 0 heterocycles. The number of hydrogen-bond acceptors (Lipinski definition) is 2. The van der Waals surface area contributed by atoms with E-state index in [1.165, 1.54) is 31.3 Å². The fraction of sp³-hybridized carbons (Fsp3) is 0.500. The van der Waals surface area contributed by atoms with Crippen molar-refractivity contribution in [3.63, 3.8) is 0 Å². The predicted octanol–water partition coefficient (Wildman–Crippen LogP) is 3.46. The summed E-state index contributed by atoms with van der Waals surface area (Å²) in [5.41, 5.74) is 0.236. The Morgan fingerprint density at radius 1 is 1.00 bits per heavy atom. The zero-order valence-electron chi connectivity index (χ0n) is 10.4. The summed E-state index contributed by atoms with van der Waals surface area (Å²) in [5, 5.41) is 2.51. The van der Waals surface area contributed by atoms with Gasteiger partial charge in [0.15, 0.2) is 0 Å². The Kier molecular flexibility index (Phi) is 5.41. The van der Waals surface area contributed by atoms with E-state index >= 15 is 0 Å². The summed E-state index contributed by atoms with van der Waals surface area (Å²) in [5.74, 6) is 0. The molecule has 2 nitrogen and oxygen atoms in total. The van der Waals surface area contributed by atoms with Gasteiger partial charge in [0.05, 0.1) is 6.10 Å². The minimum absolute atomic E-state index is 0.174. The third kappa shape index (κ3) is 4.68. The lowest BCUT2D eigenvalue weighted by Gasteiger charge is -2.28. The normalized spacial score (nSPS) is 14.6. The summed E-state index contributed by atoms with van der Waals surface area (Å²) in [6.07, 6.45) is -16.2. The SMILES string of the molecule is CNCC(OC(C(F)(F)F)C(F)(F)F)c1ccccc1. The van der Waals surface area contributed by atoms with Gasteiger partial charge in [-0.25, -0.2) is 0 Å². The molecule has 0 aliphatic carbocycles. The van der Waals surface area contributed by atoms with Gasteiger partial charge in [0, 0.05) is 6.54 Å². The molecule has 0 saturated carbocycles. The molecule has 8 heteroatoms. The highest BCUT2D eigenvalue weighted by atomic mass is 19.4. The molecule has 1 aromatic rings. The molecule has 0 fully saturated rings. The van der Waals surface area contributed by atoms with Gasteiger partial charge in [-0.2, -0.15) is 26.3 Å². The van der Waals surface area contributed by atoms with Crippen LogP contribution < -0.4 is 5.32 Å². The van der Waals surface area contributed by atoms with E-state index in [0.717, 1.165) is 0 Å². The van der Waals surface area contributed by atoms with Crippen LogP contribution in [0.5, 0.6) is 0 Å². The Labute approximate surface area is 111 Å². The molecule has 114 valence electrons. The number of ether oxygens (including phenoxy) is 1. The Bertz CT molecular complexity index is 389. The highest BCUT2D eigenvalue weighted by molar-refractivity contribution is 5.18. The molecule has 0 aliphatic rings. The molecule has 1 aromatic carbocycles. The number of halogens is 6. The molecule has 0 aromatic heterocycles. The number of nitrogens with one attached hydrogen (secondary N) is 1. The summed E-state index contributed by atoms with van der Waals surface area (Å²) in [6, 6.07) is 7.44. The monoisotopic (exact) mass is 301 g/mol. The van der Waals surface area contributed by atoms with Crippen LogP contribution in [0.15, 0.2) is 30.3 Å². The van der Waals surface area contributed by atoms with Crippen LogP contribution in [0.4, 0.5) is 26.3 Å². The molecule has 0 amide bonds. The van der Waals surface area contributed by atoms with Crippen molar-refractivity contribution >= 4 is 0 Å². The number of hydrogen-bond donors (Lipinski definition) is 1. The zero-order chi connectivity index (χ0) is 15.4. The van der Waals surface area contributed by atoms with E-state index in [4.69, 9.17) is 0 Å². The quantitative estimate of drug-likeness (QED) is 0.841. The van der Waals surface area contributed by atoms with Crippen molar-refractivity contribution in [2.45, 2.75) is 24.6 Å². The first-order valence-corrected chi connectivity index (χ1v) is 5.64. The van der Waals surface area contributed by atoms with Crippen molar-refractivity contribution in [1.29, 1.82) is 0 Å². The number of likely N-dealkylation sites (N-methyl/N-ethyl adjacent to an activating group) is 1. The summed E-state index contributed by atoms with van der Waals surface area (Å²) in [6.45, 7) is -0.174. The van der Waals surface area contributed by atoms with Gasteiger partial charge in [-0.05, 0) is 12.6 Å². The van der Waals surface area contributed by atoms with Crippen LogP contribution >= 0.6 is 0 Å². The van der Waals surface area contributed by atoms with Crippen molar-refractivity contribution in [2.24, 2.45) is 0 Å². The molecular weight excluding hydrogens is 288 g/mol. The van der Waals surface area contributed by atoms with E-state index in [9.17, 15) is 26.3 Å². The largest absolute Gasteiger partial charge is 0.423 e. The number of benzene rings is 1. The van der Waals surface area contributed by atoms with Crippen LogP contribution in [0.2, 0.25) is 0 Å². The maximum absolute atomic E-state index is 12.5. The fourth-order valence-electron chi connectivity index (χ4n) is 1.60. The van der Waals surface area contributed by atoms with Gasteiger partial charge in [0.1, 0.15) is 0 Å². The van der Waals surface area contributed by atoms with Crippen molar-refractivity contribution in [3.8, 4) is 0 Å². The highest BCUT2D eigenvalue weighted by Gasteiger charge is 2.58. The molecule has 0 bridgehead atoms. The Hall–Kier alpha value is -1.28. The average molecular weight is 301 g/mol. The minimum Gasteiger partial charge on any atom is -0.351 e. The predicted molar refractivity (Wildman–Crippen MR) is 60.1 cm³/mol. The second-order valence-corrected chi connectivity index (χ2v) is 4.06. The molecule has 1 N–H and O–H groups in total. The standard InChI is InChI=1S/C12H13F6NO/c1-19-7-9(8-5-3-2-4-6-8)20-10(11(13,14)15)12(16,17)18/h2-6,9-10,19H,7H2,1H3. The molecule has 0 aliphatic heterocycles. The van der Waals surface area contributed by atoms with E-state index in [1.54, 1.807) is 6.07 Å². The van der Waals surface area contributed by atoms with Gasteiger partial charge in [-0.15, -0.1) is 0 Å². The molecular formula is C12H13F6NO. The number of alkyl halides is 6. The lowest BCUT2D eigenvalue weighted by atomic mass is 10.1. The van der Waals surface area contributed by atoms with Crippen molar-refractivity contribution < 1.29 is 31.1 Å². The van der Waals surface area contributed by atoms with Crippen molar-refractivity contribution in [3.05, 3.63) is 35.9 Å². The van der Waals surface area contributed by atoms with Gasteiger partial charge < -0.3 is 10.1 Å². The zero-order valence-corrected chi connectivity index (χ0v) is 10.4. The first-order chi connectivity index (χ1) is 9.16. The lowest BCUT2D eigenvalue weighted by Crippen LogP contribution is -2.45. The average Bonchev–Trinajstić information content (AvgIpc) is 2.32. The second-order valence-electron chi connectivity index (χ2n) is 4.06. The third-order valence-corrected chi connectivity index (χ3v) is 2.46. The summed E-state index contributed by atoms with van der Waals surface area (Å²) >= 11 is 0. The lowest BCUT2D eigenvalue weighted by molar-refractivity contribution is -0.331. The van der Waals surface area contributed by atoms with Crippen LogP contribution in [0, 0.1) is 0 Å². The molecule has 0 spiro atoms. The first kappa shape index (κ1) is 16.8. The maximum Gasteiger partial charge on any atom is 0.423 e. The topological polar surface area (TPSA) is 21.3 Å². The Morgan fingerprint density at radius 2 is 1.50 bits per heavy atom. The Morgan fingerprint density at radius 3 is 1.90 bits per heavy atom. The third-order valence-electron chi connectivity index (χ3n) is 2.46. The molecule has 1 rings (SSSR count). The van der Waals surface area contributed by atoms with E-state index in [0.29, 0.717) is 0 Å². The van der Waals surface area contributed by atoms with Crippen LogP contribution in [-0.4, -0.2) is 32.0 Å². The van der Waals surface area contributed by atoms with Crippen LogP contribution in [0.1, 0.15) is 11.7 Å². The molecule has 0 radical (unpaired) electrons. The molecule has 1 atom stereocenters. The van der Waals surface area contributed by atoms with Gasteiger partial charge in [0.2, 0.25) is 6.10 Å². The minimum atomic E-state index is -5.51. The Balaban J connectivity index is 2.98. The van der Waals surface area contributed by atoms with Gasteiger partial charge in [0.25, 0.3) is 0 Å². The smallest absolute Gasteiger partial charge is 0.351 e. The summed E-state index contributed by atoms with van der Waals surface area (Å²) in [4.78, 5) is 0. The molecule has 1 unspecified atom stereocenters. The van der Waals surface area contributed by atoms with E-state index in [-0.39, 0.29) is 12.1 Å². The molecule has 20 heavy (non-hydrogen) atoms. The molecule has 0 saturated heterocycles. The summed E-state index contributed by atoms with van der Waals surface area (Å²) < 4.78 is 79.1. The van der Waals surface area contributed by atoms with E-state index in [1.807, 2.05) is 0 Å². The first-order valence-electron chi connectivity index (χ1n) is 5.64. The van der Waals surface area contributed by atoms with Gasteiger partial charge >= 0.3 is 12.4 Å². The van der Waals surface area contributed by atoms with Gasteiger partial charge in [-0.1, -0.05) is 30.3 Å². The fourth-order valence-corrected chi connectivity index (χ4v) is 1.60.